The molecule has 1 rings (SSSR count). The van der Waals surface area contributed by atoms with Crippen LogP contribution in [0.4, 0.5) is 13.2 Å². The fourth-order valence-electron chi connectivity index (χ4n) is 1.17. The highest BCUT2D eigenvalue weighted by Gasteiger charge is 2.30. The lowest BCUT2D eigenvalue weighted by molar-refractivity contribution is -0.137. The summed E-state index contributed by atoms with van der Waals surface area (Å²) < 4.78 is 37.3. The summed E-state index contributed by atoms with van der Waals surface area (Å²) in [6.07, 6.45) is -4.46. The molecule has 18 heavy (non-hydrogen) atoms. The van der Waals surface area contributed by atoms with Gasteiger partial charge in [-0.05, 0) is 24.1 Å². The molecule has 0 fully saturated rings. The van der Waals surface area contributed by atoms with Gasteiger partial charge in [0, 0.05) is 5.56 Å². The second-order valence-electron chi connectivity index (χ2n) is 4.21. The Hall–Kier alpha value is -1.56. The van der Waals surface area contributed by atoms with Crippen molar-refractivity contribution in [2.75, 3.05) is 6.61 Å². The highest BCUT2D eigenvalue weighted by molar-refractivity contribution is 5.93. The van der Waals surface area contributed by atoms with Crippen LogP contribution in [0.25, 0.3) is 0 Å². The molecule has 0 saturated heterocycles. The first kappa shape index (κ1) is 14.5. The topological polar surface area (TPSA) is 38.3 Å². The predicted octanol–water partition coefficient (Wildman–Crippen LogP) is 3.02. The third-order valence-corrected chi connectivity index (χ3v) is 2.03. The number of carbonyl (C=O) groups excluding carboxylic acids is 1. The van der Waals surface area contributed by atoms with E-state index in [1.54, 1.807) is 0 Å². The van der Waals surface area contributed by atoms with Crippen molar-refractivity contribution in [1.29, 1.82) is 0 Å². The van der Waals surface area contributed by atoms with Crippen LogP contribution in [0.2, 0.25) is 0 Å². The molecule has 0 bridgehead atoms. The Labute approximate surface area is 103 Å². The zero-order chi connectivity index (χ0) is 13.8. The van der Waals surface area contributed by atoms with Gasteiger partial charge >= 0.3 is 6.18 Å². The van der Waals surface area contributed by atoms with Gasteiger partial charge in [-0.1, -0.05) is 19.9 Å². The lowest BCUT2D eigenvalue weighted by Gasteiger charge is -2.10. The van der Waals surface area contributed by atoms with E-state index in [1.807, 2.05) is 13.8 Å². The lowest BCUT2D eigenvalue weighted by atomic mass is 10.1. The fourth-order valence-corrected chi connectivity index (χ4v) is 1.17. The van der Waals surface area contributed by atoms with E-state index in [4.69, 9.17) is 4.84 Å². The number of benzene rings is 1. The van der Waals surface area contributed by atoms with Crippen LogP contribution in [0.5, 0.6) is 0 Å². The molecule has 100 valence electrons. The molecule has 1 amide bonds. The van der Waals surface area contributed by atoms with Crippen molar-refractivity contribution in [3.8, 4) is 0 Å². The zero-order valence-corrected chi connectivity index (χ0v) is 10.0. The number of amides is 1. The van der Waals surface area contributed by atoms with Gasteiger partial charge < -0.3 is 0 Å². The molecule has 0 unspecified atom stereocenters. The molecule has 0 aliphatic rings. The predicted molar refractivity (Wildman–Crippen MR) is 59.7 cm³/mol. The van der Waals surface area contributed by atoms with E-state index in [2.05, 4.69) is 5.48 Å². The third kappa shape index (κ3) is 4.37. The number of rotatable bonds is 4. The summed E-state index contributed by atoms with van der Waals surface area (Å²) in [7, 11) is 0. The maximum absolute atomic E-state index is 12.4. The molecule has 1 aromatic rings. The Kier molecular flexibility index (Phi) is 4.72. The molecule has 0 aliphatic heterocycles. The molecule has 6 heteroatoms. The minimum Gasteiger partial charge on any atom is -0.273 e. The minimum atomic E-state index is -4.46. The number of hydroxylamine groups is 1. The maximum atomic E-state index is 12.4. The molecule has 0 saturated carbocycles. The Morgan fingerprint density at radius 2 is 2.06 bits per heavy atom. The summed E-state index contributed by atoms with van der Waals surface area (Å²) in [6.45, 7) is 4.07. The van der Waals surface area contributed by atoms with Crippen molar-refractivity contribution in [1.82, 2.24) is 5.48 Å². The highest BCUT2D eigenvalue weighted by Crippen LogP contribution is 2.29. The molecule has 0 aromatic heterocycles. The van der Waals surface area contributed by atoms with Crippen LogP contribution >= 0.6 is 0 Å². The molecular weight excluding hydrogens is 247 g/mol. The van der Waals surface area contributed by atoms with Crippen molar-refractivity contribution in [3.63, 3.8) is 0 Å². The van der Waals surface area contributed by atoms with E-state index in [-0.39, 0.29) is 11.5 Å². The van der Waals surface area contributed by atoms with Gasteiger partial charge in [-0.25, -0.2) is 5.48 Å². The Balaban J connectivity index is 2.69. The van der Waals surface area contributed by atoms with Gasteiger partial charge in [-0.3, -0.25) is 9.63 Å². The summed E-state index contributed by atoms with van der Waals surface area (Å²) in [5, 5.41) is 0. The minimum absolute atomic E-state index is 0.0893. The third-order valence-electron chi connectivity index (χ3n) is 2.03. The number of hydrogen-bond donors (Lipinski definition) is 1. The summed E-state index contributed by atoms with van der Waals surface area (Å²) in [5.41, 5.74) is 1.15. The van der Waals surface area contributed by atoms with Crippen LogP contribution in [-0.4, -0.2) is 12.5 Å². The van der Waals surface area contributed by atoms with Crippen LogP contribution in [-0.2, 0) is 11.0 Å². The van der Waals surface area contributed by atoms with Crippen LogP contribution in [0.3, 0.4) is 0 Å². The van der Waals surface area contributed by atoms with E-state index < -0.39 is 17.6 Å². The molecular formula is C12H14F3NO2. The van der Waals surface area contributed by atoms with Crippen LogP contribution < -0.4 is 5.48 Å². The van der Waals surface area contributed by atoms with Crippen molar-refractivity contribution in [3.05, 3.63) is 35.4 Å². The summed E-state index contributed by atoms with van der Waals surface area (Å²) in [4.78, 5) is 16.4. The first-order valence-corrected chi connectivity index (χ1v) is 5.40. The maximum Gasteiger partial charge on any atom is 0.416 e. The standard InChI is InChI=1S/C12H14F3NO2/c1-8(2)7-18-16-11(17)9-4-3-5-10(6-9)12(13,14)15/h3-6,8H,7H2,1-2H3,(H,16,17). The average Bonchev–Trinajstić information content (AvgIpc) is 2.27. The van der Waals surface area contributed by atoms with Crippen molar-refractivity contribution < 1.29 is 22.8 Å². The van der Waals surface area contributed by atoms with Crippen molar-refractivity contribution >= 4 is 5.91 Å². The number of alkyl halides is 3. The SMILES string of the molecule is CC(C)CONC(=O)c1cccc(C(F)(F)F)c1. The lowest BCUT2D eigenvalue weighted by Crippen LogP contribution is -2.25. The monoisotopic (exact) mass is 261 g/mol. The largest absolute Gasteiger partial charge is 0.416 e. The van der Waals surface area contributed by atoms with Gasteiger partial charge in [-0.15, -0.1) is 0 Å². The summed E-state index contributed by atoms with van der Waals surface area (Å²) in [6, 6.07) is 4.17. The van der Waals surface area contributed by atoms with Crippen molar-refractivity contribution in [2.45, 2.75) is 20.0 Å². The van der Waals surface area contributed by atoms with E-state index in [0.717, 1.165) is 12.1 Å². The fraction of sp³-hybridized carbons (Fsp3) is 0.417. The van der Waals surface area contributed by atoms with Crippen LogP contribution in [0.15, 0.2) is 24.3 Å². The van der Waals surface area contributed by atoms with Crippen LogP contribution in [0, 0.1) is 5.92 Å². The molecule has 3 nitrogen and oxygen atoms in total. The summed E-state index contributed by atoms with van der Waals surface area (Å²) >= 11 is 0. The quantitative estimate of drug-likeness (QED) is 0.846. The van der Waals surface area contributed by atoms with E-state index in [0.29, 0.717) is 6.61 Å². The number of nitrogens with one attached hydrogen (secondary N) is 1. The first-order chi connectivity index (χ1) is 8.30. The molecule has 1 aromatic carbocycles. The Morgan fingerprint density at radius 3 is 2.61 bits per heavy atom. The first-order valence-electron chi connectivity index (χ1n) is 5.40. The van der Waals surface area contributed by atoms with Gasteiger partial charge in [0.2, 0.25) is 0 Å². The van der Waals surface area contributed by atoms with E-state index in [1.165, 1.54) is 12.1 Å². The molecule has 0 heterocycles. The van der Waals surface area contributed by atoms with Gasteiger partial charge in [0.05, 0.1) is 12.2 Å². The second kappa shape index (κ2) is 5.86. The van der Waals surface area contributed by atoms with Gasteiger partial charge in [-0.2, -0.15) is 13.2 Å². The Morgan fingerprint density at radius 1 is 1.39 bits per heavy atom. The van der Waals surface area contributed by atoms with Crippen molar-refractivity contribution in [2.24, 2.45) is 5.92 Å². The Bertz CT molecular complexity index is 416. The smallest absolute Gasteiger partial charge is 0.273 e. The molecule has 1 N–H and O–H groups in total. The van der Waals surface area contributed by atoms with E-state index >= 15 is 0 Å². The molecule has 0 aliphatic carbocycles. The number of hydrogen-bond acceptors (Lipinski definition) is 2. The highest BCUT2D eigenvalue weighted by atomic mass is 19.4. The molecule has 0 radical (unpaired) electrons. The number of carbonyl (C=O) groups is 1. The molecule has 0 atom stereocenters. The number of halogens is 3. The van der Waals surface area contributed by atoms with Gasteiger partial charge in [0.25, 0.3) is 5.91 Å². The zero-order valence-electron chi connectivity index (χ0n) is 10.0. The van der Waals surface area contributed by atoms with Crippen LogP contribution in [0.1, 0.15) is 29.8 Å². The summed E-state index contributed by atoms with van der Waals surface area (Å²) in [5.74, 6) is -0.478. The molecule has 0 spiro atoms. The second-order valence-corrected chi connectivity index (χ2v) is 4.21. The average molecular weight is 261 g/mol. The van der Waals surface area contributed by atoms with Gasteiger partial charge in [0.15, 0.2) is 0 Å². The normalized spacial score (nSPS) is 11.7. The van der Waals surface area contributed by atoms with Gasteiger partial charge in [0.1, 0.15) is 0 Å². The van der Waals surface area contributed by atoms with E-state index in [9.17, 15) is 18.0 Å².